The summed E-state index contributed by atoms with van der Waals surface area (Å²) < 4.78 is 38.8. The normalized spacial score (nSPS) is 15.8. The van der Waals surface area contributed by atoms with Crippen LogP contribution in [0.4, 0.5) is 0 Å². The average molecular weight is 419 g/mol. The number of sulfonamides is 1. The molecule has 1 heterocycles. The summed E-state index contributed by atoms with van der Waals surface area (Å²) in [5, 5.41) is 0. The maximum absolute atomic E-state index is 12.4. The number of nitrogens with zero attached hydrogens (tertiary/aromatic N) is 1. The molecule has 1 atom stereocenters. The van der Waals surface area contributed by atoms with Crippen LogP contribution in [0.5, 0.6) is 11.5 Å². The van der Waals surface area contributed by atoms with E-state index in [1.165, 1.54) is 4.90 Å². The molecule has 1 unspecified atom stereocenters. The van der Waals surface area contributed by atoms with Crippen molar-refractivity contribution in [1.82, 2.24) is 9.62 Å². The lowest BCUT2D eigenvalue weighted by molar-refractivity contribution is -0.131. The van der Waals surface area contributed by atoms with Crippen LogP contribution in [0.3, 0.4) is 0 Å². The number of fused-ring (bicyclic) bond motifs is 1. The fourth-order valence-corrected chi connectivity index (χ4v) is 4.12. The summed E-state index contributed by atoms with van der Waals surface area (Å²) in [7, 11) is -1.98. The maximum Gasteiger partial charge on any atom is 0.240 e. The zero-order chi connectivity index (χ0) is 21.0. The van der Waals surface area contributed by atoms with Crippen molar-refractivity contribution in [3.63, 3.8) is 0 Å². The topological polar surface area (TPSA) is 84.9 Å². The number of likely N-dealkylation sites (N-methyl/N-ethyl adjacent to an activating group) is 1. The number of benzene rings is 2. The highest BCUT2D eigenvalue weighted by Gasteiger charge is 2.24. The fourth-order valence-electron chi connectivity index (χ4n) is 3.01. The summed E-state index contributed by atoms with van der Waals surface area (Å²) >= 11 is 0. The highest BCUT2D eigenvalue weighted by atomic mass is 32.2. The van der Waals surface area contributed by atoms with Gasteiger partial charge in [-0.25, -0.2) is 13.1 Å². The third kappa shape index (κ3) is 5.27. The summed E-state index contributed by atoms with van der Waals surface area (Å²) in [5.74, 6) is 1.18. The molecule has 1 N–H and O–H groups in total. The minimum atomic E-state index is -3.65. The highest BCUT2D eigenvalue weighted by molar-refractivity contribution is 7.89. The number of carbonyl (C=O) groups is 1. The average Bonchev–Trinajstić information content (AvgIpc) is 2.69. The molecule has 0 aromatic heterocycles. The van der Waals surface area contributed by atoms with E-state index in [0.717, 1.165) is 11.1 Å². The van der Waals surface area contributed by atoms with Crippen molar-refractivity contribution in [2.24, 2.45) is 0 Å². The SMILES string of the molecule is Cc1ccc(S(=O)(=O)NCCC(=O)N(C)CC2COc3ccccc3O2)cc1C. The molecule has 0 spiro atoms. The summed E-state index contributed by atoms with van der Waals surface area (Å²) in [4.78, 5) is 14.1. The minimum Gasteiger partial charge on any atom is -0.486 e. The van der Waals surface area contributed by atoms with Crippen molar-refractivity contribution in [1.29, 1.82) is 0 Å². The zero-order valence-electron chi connectivity index (χ0n) is 16.8. The van der Waals surface area contributed by atoms with E-state index < -0.39 is 10.0 Å². The van der Waals surface area contributed by atoms with E-state index >= 15 is 0 Å². The molecular weight excluding hydrogens is 392 g/mol. The van der Waals surface area contributed by atoms with E-state index in [1.807, 2.05) is 38.1 Å². The van der Waals surface area contributed by atoms with Crippen molar-refractivity contribution in [3.8, 4) is 11.5 Å². The van der Waals surface area contributed by atoms with Crippen molar-refractivity contribution in [2.45, 2.75) is 31.3 Å². The molecule has 0 aliphatic carbocycles. The van der Waals surface area contributed by atoms with E-state index in [2.05, 4.69) is 4.72 Å². The van der Waals surface area contributed by atoms with E-state index in [-0.39, 0.29) is 29.9 Å². The molecule has 29 heavy (non-hydrogen) atoms. The maximum atomic E-state index is 12.4. The molecule has 3 rings (SSSR count). The molecule has 0 fully saturated rings. The standard InChI is InChI=1S/C21H26N2O5S/c1-15-8-9-18(12-16(15)2)29(25,26)22-11-10-21(24)23(3)13-17-14-27-19-6-4-5-7-20(19)28-17/h4-9,12,17,22H,10-11,13-14H2,1-3H3. The van der Waals surface area contributed by atoms with Crippen LogP contribution in [0.25, 0.3) is 0 Å². The monoisotopic (exact) mass is 418 g/mol. The van der Waals surface area contributed by atoms with Crippen LogP contribution in [0.15, 0.2) is 47.4 Å². The first-order valence-corrected chi connectivity index (χ1v) is 10.9. The molecular formula is C21H26N2O5S. The van der Waals surface area contributed by atoms with Gasteiger partial charge in [0.1, 0.15) is 6.61 Å². The van der Waals surface area contributed by atoms with Gasteiger partial charge in [-0.2, -0.15) is 0 Å². The first kappa shape index (κ1) is 21.1. The van der Waals surface area contributed by atoms with Gasteiger partial charge in [0.15, 0.2) is 17.6 Å². The number of hydrogen-bond donors (Lipinski definition) is 1. The molecule has 2 aromatic carbocycles. The predicted octanol–water partition coefficient (Wildman–Crippen LogP) is 2.27. The number of carbonyl (C=O) groups excluding carboxylic acids is 1. The van der Waals surface area contributed by atoms with Crippen LogP contribution >= 0.6 is 0 Å². The van der Waals surface area contributed by atoms with Gasteiger partial charge < -0.3 is 14.4 Å². The van der Waals surface area contributed by atoms with Crippen LogP contribution in [0, 0.1) is 13.8 Å². The Hall–Kier alpha value is -2.58. The second kappa shape index (κ2) is 8.84. The second-order valence-corrected chi connectivity index (χ2v) is 8.93. The largest absolute Gasteiger partial charge is 0.486 e. The van der Waals surface area contributed by atoms with Gasteiger partial charge in [0.25, 0.3) is 0 Å². The van der Waals surface area contributed by atoms with Crippen molar-refractivity contribution in [3.05, 3.63) is 53.6 Å². The Morgan fingerprint density at radius 3 is 2.59 bits per heavy atom. The number of ether oxygens (including phenoxy) is 2. The molecule has 2 aromatic rings. The lowest BCUT2D eigenvalue weighted by Crippen LogP contribution is -2.42. The number of rotatable bonds is 7. The van der Waals surface area contributed by atoms with Gasteiger partial charge in [-0.05, 0) is 49.2 Å². The minimum absolute atomic E-state index is 0.0310. The number of amides is 1. The first-order chi connectivity index (χ1) is 13.8. The Morgan fingerprint density at radius 2 is 1.86 bits per heavy atom. The van der Waals surface area contributed by atoms with Crippen LogP contribution < -0.4 is 14.2 Å². The molecule has 1 amide bonds. The zero-order valence-corrected chi connectivity index (χ0v) is 17.7. The molecule has 8 heteroatoms. The molecule has 1 aliphatic heterocycles. The van der Waals surface area contributed by atoms with Gasteiger partial charge in [0.2, 0.25) is 15.9 Å². The smallest absolute Gasteiger partial charge is 0.240 e. The lowest BCUT2D eigenvalue weighted by atomic mass is 10.1. The summed E-state index contributed by atoms with van der Waals surface area (Å²) in [6.07, 6.45) is -0.212. The van der Waals surface area contributed by atoms with Crippen LogP contribution in [0.1, 0.15) is 17.5 Å². The Balaban J connectivity index is 1.48. The van der Waals surface area contributed by atoms with Gasteiger partial charge in [-0.3, -0.25) is 4.79 Å². The van der Waals surface area contributed by atoms with Crippen LogP contribution in [-0.4, -0.2) is 52.1 Å². The third-order valence-electron chi connectivity index (χ3n) is 4.89. The molecule has 0 saturated heterocycles. The number of hydrogen-bond acceptors (Lipinski definition) is 5. The summed E-state index contributed by atoms with van der Waals surface area (Å²) in [6, 6.07) is 12.4. The van der Waals surface area contributed by atoms with E-state index in [9.17, 15) is 13.2 Å². The first-order valence-electron chi connectivity index (χ1n) is 9.45. The van der Waals surface area contributed by atoms with Crippen molar-refractivity contribution >= 4 is 15.9 Å². The Labute approximate surface area is 171 Å². The van der Waals surface area contributed by atoms with Gasteiger partial charge in [0, 0.05) is 20.0 Å². The predicted molar refractivity (Wildman–Crippen MR) is 110 cm³/mol. The lowest BCUT2D eigenvalue weighted by Gasteiger charge is -2.29. The van der Waals surface area contributed by atoms with Gasteiger partial charge in [-0.15, -0.1) is 0 Å². The van der Waals surface area contributed by atoms with Crippen LogP contribution in [-0.2, 0) is 14.8 Å². The fraction of sp³-hybridized carbons (Fsp3) is 0.381. The molecule has 156 valence electrons. The second-order valence-electron chi connectivity index (χ2n) is 7.17. The van der Waals surface area contributed by atoms with E-state index in [4.69, 9.17) is 9.47 Å². The summed E-state index contributed by atoms with van der Waals surface area (Å²) in [5.41, 5.74) is 1.93. The van der Waals surface area contributed by atoms with Crippen LogP contribution in [0.2, 0.25) is 0 Å². The van der Waals surface area contributed by atoms with E-state index in [1.54, 1.807) is 25.2 Å². The number of aryl methyl sites for hydroxylation is 2. The number of nitrogens with one attached hydrogen (secondary N) is 1. The molecule has 1 aliphatic rings. The molecule has 0 radical (unpaired) electrons. The van der Waals surface area contributed by atoms with Gasteiger partial charge >= 0.3 is 0 Å². The molecule has 0 bridgehead atoms. The molecule has 7 nitrogen and oxygen atoms in total. The van der Waals surface area contributed by atoms with Crippen molar-refractivity contribution < 1.29 is 22.7 Å². The van der Waals surface area contributed by atoms with E-state index in [0.29, 0.717) is 24.7 Å². The molecule has 0 saturated carbocycles. The Kier molecular flexibility index (Phi) is 6.44. The Bertz CT molecular complexity index is 990. The highest BCUT2D eigenvalue weighted by Crippen LogP contribution is 2.30. The Morgan fingerprint density at radius 1 is 1.14 bits per heavy atom. The number of para-hydroxylation sites is 2. The van der Waals surface area contributed by atoms with Gasteiger partial charge in [-0.1, -0.05) is 18.2 Å². The van der Waals surface area contributed by atoms with Crippen molar-refractivity contribution in [2.75, 3.05) is 26.7 Å². The van der Waals surface area contributed by atoms with Gasteiger partial charge in [0.05, 0.1) is 11.4 Å². The summed E-state index contributed by atoms with van der Waals surface area (Å²) in [6.45, 7) is 4.53. The third-order valence-corrected chi connectivity index (χ3v) is 6.35. The quantitative estimate of drug-likeness (QED) is 0.746.